The first kappa shape index (κ1) is 41.6. The Morgan fingerprint density at radius 1 is 0.672 bits per heavy atom. The van der Waals surface area contributed by atoms with Crippen LogP contribution in [0, 0.1) is 35.0 Å². The average Bonchev–Trinajstić information content (AvgIpc) is 3.74. The Kier molecular flexibility index (Phi) is 12.4. The normalized spacial score (nSPS) is 17.6. The fraction of sp³-hybridized carbons (Fsp3) is 0.167. The maximum absolute atomic E-state index is 14.2. The van der Waals surface area contributed by atoms with E-state index < -0.39 is 46.8 Å². The van der Waals surface area contributed by atoms with E-state index in [1.165, 1.54) is 11.8 Å². The van der Waals surface area contributed by atoms with E-state index in [-0.39, 0.29) is 31.3 Å². The number of oxazole rings is 1. The van der Waals surface area contributed by atoms with Crippen LogP contribution in [-0.2, 0) is 22.6 Å². The zero-order chi connectivity index (χ0) is 42.6. The number of aliphatic hydroxyl groups excluding tert-OH is 1. The van der Waals surface area contributed by atoms with Gasteiger partial charge in [0.1, 0.15) is 11.3 Å². The van der Waals surface area contributed by atoms with Gasteiger partial charge in [-0.25, -0.2) is 26.9 Å². The fourth-order valence-electron chi connectivity index (χ4n) is 7.17. The molecule has 6 aromatic carbocycles. The molecule has 4 atom stereocenters. The third-order valence-corrected chi connectivity index (χ3v) is 11.4. The van der Waals surface area contributed by atoms with Gasteiger partial charge in [-0.05, 0) is 33.9 Å². The van der Waals surface area contributed by atoms with E-state index in [2.05, 4.69) is 12.2 Å². The number of hydrogen-bond acceptors (Lipinski definition) is 7. The molecule has 1 aromatic heterocycles. The second-order valence-electron chi connectivity index (χ2n) is 14.5. The summed E-state index contributed by atoms with van der Waals surface area (Å²) in [4.78, 5) is 17.5. The molecule has 2 N–H and O–H groups in total. The molecule has 0 saturated carbocycles. The van der Waals surface area contributed by atoms with Crippen molar-refractivity contribution in [3.05, 3.63) is 190 Å². The van der Waals surface area contributed by atoms with Crippen molar-refractivity contribution in [2.45, 2.75) is 43.8 Å². The summed E-state index contributed by atoms with van der Waals surface area (Å²) in [6.07, 6.45) is -1.43. The zero-order valence-corrected chi connectivity index (χ0v) is 33.3. The summed E-state index contributed by atoms with van der Waals surface area (Å²) < 4.78 is 89.1. The first-order chi connectivity index (χ1) is 29.6. The van der Waals surface area contributed by atoms with Crippen molar-refractivity contribution in [2.75, 3.05) is 5.75 Å². The number of halogens is 5. The highest BCUT2D eigenvalue weighted by Crippen LogP contribution is 2.44. The minimum absolute atomic E-state index is 0.0826. The Bertz CT molecular complexity index is 2560. The molecule has 0 radical (unpaired) electrons. The van der Waals surface area contributed by atoms with Gasteiger partial charge in [0.05, 0.1) is 18.8 Å². The molecule has 2 heterocycles. The number of rotatable bonds is 12. The second kappa shape index (κ2) is 18.2. The molecule has 1 aliphatic heterocycles. The molecule has 7 nitrogen and oxygen atoms in total. The smallest absolute Gasteiger partial charge is 0.257 e. The number of ether oxygens (including phenoxy) is 2. The number of carbonyl (C=O) groups excluding carboxylic acids is 1. The lowest BCUT2D eigenvalue weighted by atomic mass is 9.91. The topological polar surface area (TPSA) is 93.8 Å². The van der Waals surface area contributed by atoms with Crippen LogP contribution in [0.15, 0.2) is 143 Å². The predicted octanol–water partition coefficient (Wildman–Crippen LogP) is 11.4. The quantitative estimate of drug-likeness (QED) is 0.0547. The summed E-state index contributed by atoms with van der Waals surface area (Å²) in [6.45, 7) is 1.75. The molecule has 61 heavy (non-hydrogen) atoms. The second-order valence-corrected chi connectivity index (χ2v) is 15.4. The molecule has 1 fully saturated rings. The third kappa shape index (κ3) is 8.87. The van der Waals surface area contributed by atoms with Crippen molar-refractivity contribution in [3.8, 4) is 33.7 Å². The van der Waals surface area contributed by atoms with Crippen LogP contribution in [-0.4, -0.2) is 27.9 Å². The van der Waals surface area contributed by atoms with Gasteiger partial charge >= 0.3 is 0 Å². The summed E-state index contributed by atoms with van der Waals surface area (Å²) in [5, 5.41) is 12.4. The van der Waals surface area contributed by atoms with Crippen molar-refractivity contribution in [1.29, 1.82) is 0 Å². The van der Waals surface area contributed by atoms with Crippen molar-refractivity contribution < 1.29 is 45.7 Å². The van der Waals surface area contributed by atoms with Gasteiger partial charge in [0, 0.05) is 34.9 Å². The molecule has 8 rings (SSSR count). The van der Waals surface area contributed by atoms with E-state index in [1.54, 1.807) is 18.2 Å². The fourth-order valence-corrected chi connectivity index (χ4v) is 8.16. The lowest BCUT2D eigenvalue weighted by molar-refractivity contribution is -0.268. The number of thioether (sulfide) groups is 1. The molecular weight excluding hydrogens is 812 g/mol. The highest BCUT2D eigenvalue weighted by Gasteiger charge is 2.39. The molecule has 0 aliphatic carbocycles. The number of carbonyl (C=O) groups is 1. The number of hydrogen-bond donors (Lipinski definition) is 2. The van der Waals surface area contributed by atoms with Crippen molar-refractivity contribution >= 4 is 17.7 Å². The molecule has 0 spiro atoms. The first-order valence-corrected chi connectivity index (χ1v) is 20.3. The molecule has 13 heteroatoms. The minimum atomic E-state index is -2.34. The number of aliphatic hydroxyl groups is 1. The summed E-state index contributed by atoms with van der Waals surface area (Å²) in [7, 11) is 0. The largest absolute Gasteiger partial charge is 0.431 e. The number of amides is 1. The molecule has 7 aromatic rings. The minimum Gasteiger partial charge on any atom is -0.431 e. The standard InChI is InChI=1S/C48H37F5N2O5S/c1-27-36(26-61-48-55-43(31-10-4-2-5-11-31)45(60-48)32-12-6-3-7-13-32)58-47(59-44(27)33-17-15-28(25-56)16-18-33)34-21-19-30(20-22-34)35-14-8-9-29(23-35)24-54-46(57)37-38(49)40(51)42(53)41(52)39(37)50/h2-23,27,36,44,47,56H,24-26H2,1H3,(H,54,57)/t27-,36+,44+,47+/m0/s1. The highest BCUT2D eigenvalue weighted by atomic mass is 32.2. The van der Waals surface area contributed by atoms with Gasteiger partial charge in [-0.3, -0.25) is 4.79 Å². The van der Waals surface area contributed by atoms with Crippen LogP contribution in [0.3, 0.4) is 0 Å². The van der Waals surface area contributed by atoms with Crippen LogP contribution in [0.2, 0.25) is 0 Å². The van der Waals surface area contributed by atoms with Gasteiger partial charge in [-0.2, -0.15) is 0 Å². The number of nitrogens with one attached hydrogen (secondary N) is 1. The van der Waals surface area contributed by atoms with E-state index >= 15 is 0 Å². The zero-order valence-electron chi connectivity index (χ0n) is 32.5. The highest BCUT2D eigenvalue weighted by molar-refractivity contribution is 7.99. The molecule has 1 aliphatic rings. The summed E-state index contributed by atoms with van der Waals surface area (Å²) in [5.41, 5.74) is 5.55. The Hall–Kier alpha value is -6.12. The Labute approximate surface area is 352 Å². The molecule has 1 saturated heterocycles. The number of nitrogens with zero attached hydrogens (tertiary/aromatic N) is 1. The van der Waals surface area contributed by atoms with Gasteiger partial charge < -0.3 is 24.3 Å². The van der Waals surface area contributed by atoms with E-state index in [4.69, 9.17) is 18.9 Å². The van der Waals surface area contributed by atoms with Crippen LogP contribution in [0.1, 0.15) is 51.9 Å². The molecule has 310 valence electrons. The van der Waals surface area contributed by atoms with Gasteiger partial charge in [-0.15, -0.1) is 0 Å². The van der Waals surface area contributed by atoms with E-state index in [0.717, 1.165) is 44.6 Å². The number of benzene rings is 6. The van der Waals surface area contributed by atoms with Gasteiger partial charge in [0.2, 0.25) is 5.82 Å². The predicted molar refractivity (Wildman–Crippen MR) is 220 cm³/mol. The van der Waals surface area contributed by atoms with Crippen LogP contribution in [0.4, 0.5) is 22.0 Å². The van der Waals surface area contributed by atoms with Gasteiger partial charge in [0.25, 0.3) is 11.1 Å². The average molecular weight is 849 g/mol. The van der Waals surface area contributed by atoms with Crippen LogP contribution in [0.25, 0.3) is 33.7 Å². The summed E-state index contributed by atoms with van der Waals surface area (Å²) in [6, 6.07) is 41.8. The summed E-state index contributed by atoms with van der Waals surface area (Å²) >= 11 is 1.46. The number of aromatic nitrogens is 1. The van der Waals surface area contributed by atoms with Crippen LogP contribution in [0.5, 0.6) is 0 Å². The van der Waals surface area contributed by atoms with Crippen LogP contribution >= 0.6 is 11.8 Å². The van der Waals surface area contributed by atoms with Crippen molar-refractivity contribution in [1.82, 2.24) is 10.3 Å². The van der Waals surface area contributed by atoms with Gasteiger partial charge in [0.15, 0.2) is 35.3 Å². The Morgan fingerprint density at radius 3 is 1.93 bits per heavy atom. The van der Waals surface area contributed by atoms with Crippen molar-refractivity contribution in [3.63, 3.8) is 0 Å². The lowest BCUT2D eigenvalue weighted by Crippen LogP contribution is -2.38. The molecule has 1 amide bonds. The maximum atomic E-state index is 14.2. The van der Waals surface area contributed by atoms with E-state index in [1.807, 2.05) is 115 Å². The molecule has 0 unspecified atom stereocenters. The Balaban J connectivity index is 1.01. The maximum Gasteiger partial charge on any atom is 0.257 e. The SMILES string of the molecule is C[C@H]1[C@@H](CSc2nc(-c3ccccc3)c(-c3ccccc3)o2)O[C@@H](c2ccc(-c3cccc(CNC(=O)c4c(F)c(F)c(F)c(F)c4F)c3)cc2)O[C@H]1c1ccc(CO)cc1. The monoisotopic (exact) mass is 848 g/mol. The van der Waals surface area contributed by atoms with E-state index in [0.29, 0.717) is 22.3 Å². The third-order valence-electron chi connectivity index (χ3n) is 10.5. The lowest BCUT2D eigenvalue weighted by Gasteiger charge is -2.41. The van der Waals surface area contributed by atoms with Crippen molar-refractivity contribution in [2.24, 2.45) is 5.92 Å². The Morgan fingerprint density at radius 2 is 1.28 bits per heavy atom. The molecule has 0 bridgehead atoms. The van der Waals surface area contributed by atoms with Gasteiger partial charge in [-0.1, -0.05) is 146 Å². The summed E-state index contributed by atoms with van der Waals surface area (Å²) in [5.74, 6) is -11.5. The molecular formula is C48H37F5N2O5S. The first-order valence-electron chi connectivity index (χ1n) is 19.3. The van der Waals surface area contributed by atoms with Crippen LogP contribution < -0.4 is 5.32 Å². The van der Waals surface area contributed by atoms with E-state index in [9.17, 15) is 31.9 Å².